The number of carbonyl (C=O) groups is 1. The minimum absolute atomic E-state index is 0. The summed E-state index contributed by atoms with van der Waals surface area (Å²) >= 11 is 0. The van der Waals surface area contributed by atoms with Crippen LogP contribution in [0.1, 0.15) is 34.5 Å². The van der Waals surface area contributed by atoms with Gasteiger partial charge in [0.2, 0.25) is 0 Å². The lowest BCUT2D eigenvalue weighted by molar-refractivity contribution is -0.143. The summed E-state index contributed by atoms with van der Waals surface area (Å²) in [6, 6.07) is 6.31. The van der Waals surface area contributed by atoms with Crippen molar-refractivity contribution in [2.75, 3.05) is 13.1 Å². The van der Waals surface area contributed by atoms with Crippen LogP contribution in [0.3, 0.4) is 0 Å². The van der Waals surface area contributed by atoms with E-state index in [1.807, 2.05) is 6.92 Å². The Morgan fingerprint density at radius 2 is 2.00 bits per heavy atom. The van der Waals surface area contributed by atoms with Gasteiger partial charge in [-0.1, -0.05) is 17.7 Å². The van der Waals surface area contributed by atoms with Crippen LogP contribution in [0, 0.1) is 6.92 Å². The summed E-state index contributed by atoms with van der Waals surface area (Å²) in [5, 5.41) is 9.60. The second-order valence-electron chi connectivity index (χ2n) is 6.17. The Labute approximate surface area is 155 Å². The van der Waals surface area contributed by atoms with Crippen LogP contribution in [0.15, 0.2) is 30.5 Å². The SMILES string of the molecule is Cc1ccc(-n2ncc(C(=O)NC3CCCNC3)c2C(F)(F)F)cc1.Cl. The van der Waals surface area contributed by atoms with Crippen molar-refractivity contribution >= 4 is 18.3 Å². The van der Waals surface area contributed by atoms with E-state index >= 15 is 0 Å². The highest BCUT2D eigenvalue weighted by molar-refractivity contribution is 5.95. The molecular weight excluding hydrogens is 369 g/mol. The van der Waals surface area contributed by atoms with Crippen LogP contribution in [-0.4, -0.2) is 34.8 Å². The molecule has 0 saturated carbocycles. The third kappa shape index (κ3) is 4.37. The number of hydrogen-bond donors (Lipinski definition) is 2. The molecule has 1 fully saturated rings. The summed E-state index contributed by atoms with van der Waals surface area (Å²) in [5.74, 6) is -0.751. The fourth-order valence-corrected chi connectivity index (χ4v) is 2.91. The summed E-state index contributed by atoms with van der Waals surface area (Å²) in [7, 11) is 0. The first-order chi connectivity index (χ1) is 11.9. The molecule has 142 valence electrons. The van der Waals surface area contributed by atoms with E-state index in [2.05, 4.69) is 15.7 Å². The number of hydrogen-bond acceptors (Lipinski definition) is 3. The molecule has 1 aromatic carbocycles. The molecule has 5 nitrogen and oxygen atoms in total. The van der Waals surface area contributed by atoms with Gasteiger partial charge >= 0.3 is 6.18 Å². The van der Waals surface area contributed by atoms with E-state index in [0.717, 1.165) is 35.8 Å². The number of rotatable bonds is 3. The van der Waals surface area contributed by atoms with E-state index in [9.17, 15) is 18.0 Å². The second kappa shape index (κ2) is 8.09. The zero-order chi connectivity index (χ0) is 18.0. The minimum atomic E-state index is -4.70. The highest BCUT2D eigenvalue weighted by atomic mass is 35.5. The number of amides is 1. The quantitative estimate of drug-likeness (QED) is 0.849. The van der Waals surface area contributed by atoms with E-state index in [1.165, 1.54) is 0 Å². The maximum absolute atomic E-state index is 13.6. The molecule has 0 bridgehead atoms. The Balaban J connectivity index is 0.00000243. The van der Waals surface area contributed by atoms with Crippen molar-refractivity contribution in [3.63, 3.8) is 0 Å². The molecule has 1 unspecified atom stereocenters. The van der Waals surface area contributed by atoms with Crippen LogP contribution in [0.2, 0.25) is 0 Å². The number of piperidine rings is 1. The fraction of sp³-hybridized carbons (Fsp3) is 0.412. The van der Waals surface area contributed by atoms with E-state index in [-0.39, 0.29) is 24.1 Å². The van der Waals surface area contributed by atoms with Gasteiger partial charge < -0.3 is 10.6 Å². The Bertz CT molecular complexity index is 752. The number of alkyl halides is 3. The van der Waals surface area contributed by atoms with Gasteiger partial charge in [-0.15, -0.1) is 12.4 Å². The average molecular weight is 389 g/mol. The molecule has 1 amide bonds. The standard InChI is InChI=1S/C17H19F3N4O.ClH/c1-11-4-6-13(7-5-11)24-15(17(18,19)20)14(10-22-24)16(25)23-12-3-2-8-21-9-12;/h4-7,10,12,21H,2-3,8-9H2,1H3,(H,23,25);1H. The molecule has 3 rings (SSSR count). The van der Waals surface area contributed by atoms with Gasteiger partial charge in [0.25, 0.3) is 5.91 Å². The molecule has 2 heterocycles. The number of nitrogens with zero attached hydrogens (tertiary/aromatic N) is 2. The normalized spacial score (nSPS) is 17.5. The average Bonchev–Trinajstić information content (AvgIpc) is 3.02. The van der Waals surface area contributed by atoms with Crippen molar-refractivity contribution in [3.8, 4) is 5.69 Å². The smallest absolute Gasteiger partial charge is 0.348 e. The third-order valence-electron chi connectivity index (χ3n) is 4.19. The molecule has 2 N–H and O–H groups in total. The van der Waals surface area contributed by atoms with Crippen molar-refractivity contribution in [2.45, 2.75) is 32.0 Å². The van der Waals surface area contributed by atoms with Gasteiger partial charge in [0.05, 0.1) is 17.4 Å². The van der Waals surface area contributed by atoms with E-state index in [4.69, 9.17) is 0 Å². The van der Waals surface area contributed by atoms with Crippen molar-refractivity contribution in [1.82, 2.24) is 20.4 Å². The van der Waals surface area contributed by atoms with Crippen LogP contribution in [0.4, 0.5) is 13.2 Å². The number of nitrogens with one attached hydrogen (secondary N) is 2. The van der Waals surface area contributed by atoms with Crippen molar-refractivity contribution in [3.05, 3.63) is 47.3 Å². The number of benzene rings is 1. The first-order valence-electron chi connectivity index (χ1n) is 8.10. The predicted octanol–water partition coefficient (Wildman–Crippen LogP) is 3.10. The predicted molar refractivity (Wildman–Crippen MR) is 93.9 cm³/mol. The van der Waals surface area contributed by atoms with Crippen molar-refractivity contribution in [2.24, 2.45) is 0 Å². The Hall–Kier alpha value is -2.06. The number of aryl methyl sites for hydroxylation is 1. The van der Waals surface area contributed by atoms with Gasteiger partial charge in [0, 0.05) is 12.6 Å². The number of halogens is 4. The van der Waals surface area contributed by atoms with Crippen molar-refractivity contribution < 1.29 is 18.0 Å². The summed E-state index contributed by atoms with van der Waals surface area (Å²) < 4.78 is 41.5. The molecular formula is C17H20ClF3N4O. The van der Waals surface area contributed by atoms with Gasteiger partial charge in [-0.3, -0.25) is 4.79 Å². The van der Waals surface area contributed by atoms with Gasteiger partial charge in [-0.2, -0.15) is 18.3 Å². The van der Waals surface area contributed by atoms with E-state index in [1.54, 1.807) is 24.3 Å². The molecule has 1 aromatic heterocycles. The number of carbonyl (C=O) groups excluding carboxylic acids is 1. The molecule has 1 atom stereocenters. The molecule has 1 aliphatic heterocycles. The van der Waals surface area contributed by atoms with Gasteiger partial charge in [0.1, 0.15) is 0 Å². The zero-order valence-electron chi connectivity index (χ0n) is 14.1. The summed E-state index contributed by atoms with van der Waals surface area (Å²) in [5.41, 5.74) is -0.334. The summed E-state index contributed by atoms with van der Waals surface area (Å²) in [6.07, 6.45) is -2.10. The molecule has 2 aromatic rings. The van der Waals surface area contributed by atoms with Crippen LogP contribution in [0.25, 0.3) is 5.69 Å². The molecule has 0 radical (unpaired) electrons. The lowest BCUT2D eigenvalue weighted by Crippen LogP contribution is -2.45. The second-order valence-corrected chi connectivity index (χ2v) is 6.17. The summed E-state index contributed by atoms with van der Waals surface area (Å²) in [6.45, 7) is 3.25. The molecule has 1 saturated heterocycles. The summed E-state index contributed by atoms with van der Waals surface area (Å²) in [4.78, 5) is 12.4. The first kappa shape index (κ1) is 20.3. The van der Waals surface area contributed by atoms with Crippen LogP contribution in [0.5, 0.6) is 0 Å². The van der Waals surface area contributed by atoms with E-state index in [0.29, 0.717) is 6.54 Å². The highest BCUT2D eigenvalue weighted by Crippen LogP contribution is 2.33. The first-order valence-corrected chi connectivity index (χ1v) is 8.10. The lowest BCUT2D eigenvalue weighted by atomic mass is 10.1. The Kier molecular flexibility index (Phi) is 6.30. The maximum atomic E-state index is 13.6. The molecule has 1 aliphatic rings. The maximum Gasteiger partial charge on any atom is 0.434 e. The van der Waals surface area contributed by atoms with Gasteiger partial charge in [-0.25, -0.2) is 4.68 Å². The monoisotopic (exact) mass is 388 g/mol. The van der Waals surface area contributed by atoms with Crippen molar-refractivity contribution in [1.29, 1.82) is 0 Å². The highest BCUT2D eigenvalue weighted by Gasteiger charge is 2.40. The zero-order valence-corrected chi connectivity index (χ0v) is 15.0. The van der Waals surface area contributed by atoms with Crippen LogP contribution < -0.4 is 10.6 Å². The molecule has 26 heavy (non-hydrogen) atoms. The lowest BCUT2D eigenvalue weighted by Gasteiger charge is -2.24. The van der Waals surface area contributed by atoms with E-state index < -0.39 is 23.3 Å². The minimum Gasteiger partial charge on any atom is -0.348 e. The topological polar surface area (TPSA) is 59.0 Å². The third-order valence-corrected chi connectivity index (χ3v) is 4.19. The fourth-order valence-electron chi connectivity index (χ4n) is 2.91. The molecule has 0 aliphatic carbocycles. The van der Waals surface area contributed by atoms with Gasteiger partial charge in [-0.05, 0) is 38.4 Å². The molecule has 0 spiro atoms. The Morgan fingerprint density at radius 1 is 1.31 bits per heavy atom. The van der Waals surface area contributed by atoms with Crippen LogP contribution in [-0.2, 0) is 6.18 Å². The van der Waals surface area contributed by atoms with Gasteiger partial charge in [0.15, 0.2) is 5.69 Å². The number of aromatic nitrogens is 2. The molecule has 9 heteroatoms. The largest absolute Gasteiger partial charge is 0.434 e. The Morgan fingerprint density at radius 3 is 2.58 bits per heavy atom. The van der Waals surface area contributed by atoms with Crippen LogP contribution >= 0.6 is 12.4 Å².